The van der Waals surface area contributed by atoms with Crippen LogP contribution in [0.2, 0.25) is 5.02 Å². The summed E-state index contributed by atoms with van der Waals surface area (Å²) in [6.07, 6.45) is 2.46. The van der Waals surface area contributed by atoms with Crippen LogP contribution in [-0.4, -0.2) is 32.6 Å². The van der Waals surface area contributed by atoms with Crippen molar-refractivity contribution >= 4 is 17.5 Å². The molecule has 0 spiro atoms. The molecule has 0 aliphatic carbocycles. The van der Waals surface area contributed by atoms with Gasteiger partial charge in [0.25, 0.3) is 5.91 Å². The number of nitrogens with zero attached hydrogens (tertiary/aromatic N) is 3. The standard InChI is InChI=1S/C17H15ClN4O2/c18-14-6-4-12(5-7-14)16(23)11-19-17(24)13-2-1-3-15(10-13)22-9-8-20-21-22/h1-10,16,23H,11H2,(H,19,24). The number of hydrogen-bond acceptors (Lipinski definition) is 4. The zero-order valence-electron chi connectivity index (χ0n) is 12.6. The molecule has 1 atom stereocenters. The number of hydrogen-bond donors (Lipinski definition) is 2. The van der Waals surface area contributed by atoms with Gasteiger partial charge in [0.1, 0.15) is 0 Å². The SMILES string of the molecule is O=C(NCC(O)c1ccc(Cl)cc1)c1cccc(-n2ccnn2)c1. The number of aliphatic hydroxyl groups excluding tert-OH is 1. The quantitative estimate of drug-likeness (QED) is 0.746. The van der Waals surface area contributed by atoms with Crippen LogP contribution in [0.3, 0.4) is 0 Å². The Morgan fingerprint density at radius 1 is 1.25 bits per heavy atom. The summed E-state index contributed by atoms with van der Waals surface area (Å²) in [4.78, 5) is 12.3. The Bertz CT molecular complexity index is 819. The molecule has 0 bridgehead atoms. The number of benzene rings is 2. The zero-order valence-corrected chi connectivity index (χ0v) is 13.4. The predicted octanol–water partition coefficient (Wildman–Crippen LogP) is 2.38. The lowest BCUT2D eigenvalue weighted by atomic mass is 10.1. The minimum absolute atomic E-state index is 0.105. The summed E-state index contributed by atoms with van der Waals surface area (Å²) >= 11 is 5.82. The van der Waals surface area contributed by atoms with Gasteiger partial charge in [-0.3, -0.25) is 4.79 Å². The number of halogens is 1. The van der Waals surface area contributed by atoms with Gasteiger partial charge in [-0.2, -0.15) is 0 Å². The van der Waals surface area contributed by atoms with Crippen molar-refractivity contribution in [2.75, 3.05) is 6.54 Å². The highest BCUT2D eigenvalue weighted by Gasteiger charge is 2.11. The van der Waals surface area contributed by atoms with E-state index in [9.17, 15) is 9.90 Å². The van der Waals surface area contributed by atoms with Crippen LogP contribution in [0, 0.1) is 0 Å². The molecule has 0 fully saturated rings. The number of carbonyl (C=O) groups excluding carboxylic acids is 1. The molecule has 6 nitrogen and oxygen atoms in total. The van der Waals surface area contributed by atoms with E-state index in [1.54, 1.807) is 59.5 Å². The lowest BCUT2D eigenvalue weighted by Crippen LogP contribution is -2.28. The third-order valence-corrected chi connectivity index (χ3v) is 3.76. The van der Waals surface area contributed by atoms with Gasteiger partial charge >= 0.3 is 0 Å². The Balaban J connectivity index is 1.65. The molecule has 1 amide bonds. The van der Waals surface area contributed by atoms with E-state index < -0.39 is 6.10 Å². The summed E-state index contributed by atoms with van der Waals surface area (Å²) in [7, 11) is 0. The highest BCUT2D eigenvalue weighted by molar-refractivity contribution is 6.30. The second kappa shape index (κ2) is 7.25. The molecule has 3 aromatic rings. The topological polar surface area (TPSA) is 80.0 Å². The summed E-state index contributed by atoms with van der Waals surface area (Å²) in [6, 6.07) is 13.8. The van der Waals surface area contributed by atoms with Gasteiger partial charge in [0.2, 0.25) is 0 Å². The Hall–Kier alpha value is -2.70. The van der Waals surface area contributed by atoms with E-state index in [1.165, 1.54) is 0 Å². The van der Waals surface area contributed by atoms with Gasteiger partial charge in [-0.15, -0.1) is 5.10 Å². The van der Waals surface area contributed by atoms with Crippen LogP contribution in [0.1, 0.15) is 22.0 Å². The van der Waals surface area contributed by atoms with Crippen molar-refractivity contribution in [1.82, 2.24) is 20.3 Å². The second-order valence-electron chi connectivity index (χ2n) is 5.18. The molecule has 0 aliphatic heterocycles. The van der Waals surface area contributed by atoms with E-state index in [0.29, 0.717) is 16.1 Å². The number of aliphatic hydroxyl groups is 1. The monoisotopic (exact) mass is 342 g/mol. The molecule has 0 saturated carbocycles. The van der Waals surface area contributed by atoms with Crippen LogP contribution < -0.4 is 5.32 Å². The summed E-state index contributed by atoms with van der Waals surface area (Å²) in [6.45, 7) is 0.105. The fourth-order valence-corrected chi connectivity index (χ4v) is 2.36. The molecule has 0 radical (unpaired) electrons. The first kappa shape index (κ1) is 16.2. The molecule has 1 aromatic heterocycles. The van der Waals surface area contributed by atoms with E-state index in [0.717, 1.165) is 5.69 Å². The molecule has 3 rings (SSSR count). The summed E-state index contributed by atoms with van der Waals surface area (Å²) in [5.74, 6) is -0.273. The molecule has 122 valence electrons. The van der Waals surface area contributed by atoms with Gasteiger partial charge < -0.3 is 10.4 Å². The fraction of sp³-hybridized carbons (Fsp3) is 0.118. The van der Waals surface area contributed by atoms with Gasteiger partial charge in [-0.25, -0.2) is 4.68 Å². The Morgan fingerprint density at radius 2 is 2.04 bits per heavy atom. The van der Waals surface area contributed by atoms with Gasteiger partial charge in [0, 0.05) is 17.1 Å². The molecule has 0 saturated heterocycles. The predicted molar refractivity (Wildman–Crippen MR) is 90.1 cm³/mol. The van der Waals surface area contributed by atoms with Crippen LogP contribution in [0.25, 0.3) is 5.69 Å². The molecule has 0 aliphatic rings. The first-order valence-corrected chi connectivity index (χ1v) is 7.70. The smallest absolute Gasteiger partial charge is 0.251 e. The lowest BCUT2D eigenvalue weighted by molar-refractivity contribution is 0.0916. The largest absolute Gasteiger partial charge is 0.387 e. The molecule has 2 N–H and O–H groups in total. The van der Waals surface area contributed by atoms with E-state index in [4.69, 9.17) is 11.6 Å². The minimum atomic E-state index is -0.801. The third-order valence-electron chi connectivity index (χ3n) is 3.51. The number of aromatic nitrogens is 3. The van der Waals surface area contributed by atoms with Gasteiger partial charge in [0.05, 0.1) is 24.2 Å². The highest BCUT2D eigenvalue weighted by Crippen LogP contribution is 2.16. The maximum atomic E-state index is 12.3. The van der Waals surface area contributed by atoms with E-state index >= 15 is 0 Å². The zero-order chi connectivity index (χ0) is 16.9. The Morgan fingerprint density at radius 3 is 2.75 bits per heavy atom. The summed E-state index contributed by atoms with van der Waals surface area (Å²) in [5, 5.41) is 21.1. The van der Waals surface area contributed by atoms with Crippen LogP contribution in [0.4, 0.5) is 0 Å². The Kier molecular flexibility index (Phi) is 4.88. The Labute approximate surface area is 143 Å². The third kappa shape index (κ3) is 3.79. The van der Waals surface area contributed by atoms with Crippen LogP contribution >= 0.6 is 11.6 Å². The van der Waals surface area contributed by atoms with Crippen molar-refractivity contribution < 1.29 is 9.90 Å². The van der Waals surface area contributed by atoms with Crippen molar-refractivity contribution in [3.05, 3.63) is 77.1 Å². The van der Waals surface area contributed by atoms with Gasteiger partial charge in [-0.1, -0.05) is 35.0 Å². The molecule has 1 heterocycles. The van der Waals surface area contributed by atoms with Crippen molar-refractivity contribution in [3.63, 3.8) is 0 Å². The van der Waals surface area contributed by atoms with E-state index in [2.05, 4.69) is 15.6 Å². The first-order chi connectivity index (χ1) is 11.6. The molecule has 7 heteroatoms. The molecule has 2 aromatic carbocycles. The van der Waals surface area contributed by atoms with Crippen LogP contribution in [0.15, 0.2) is 60.9 Å². The number of nitrogens with one attached hydrogen (secondary N) is 1. The van der Waals surface area contributed by atoms with Crippen molar-refractivity contribution in [3.8, 4) is 5.69 Å². The van der Waals surface area contributed by atoms with Gasteiger partial charge in [0.15, 0.2) is 0 Å². The molecular formula is C17H15ClN4O2. The average Bonchev–Trinajstić information content (AvgIpc) is 3.15. The highest BCUT2D eigenvalue weighted by atomic mass is 35.5. The van der Waals surface area contributed by atoms with Gasteiger partial charge in [-0.05, 0) is 35.9 Å². The molecule has 1 unspecified atom stereocenters. The maximum absolute atomic E-state index is 12.3. The van der Waals surface area contributed by atoms with Crippen molar-refractivity contribution in [1.29, 1.82) is 0 Å². The second-order valence-corrected chi connectivity index (χ2v) is 5.61. The number of rotatable bonds is 5. The average molecular weight is 343 g/mol. The summed E-state index contributed by atoms with van der Waals surface area (Å²) < 4.78 is 1.57. The van der Waals surface area contributed by atoms with Crippen molar-refractivity contribution in [2.24, 2.45) is 0 Å². The van der Waals surface area contributed by atoms with E-state index in [-0.39, 0.29) is 12.5 Å². The maximum Gasteiger partial charge on any atom is 0.251 e. The van der Waals surface area contributed by atoms with Crippen LogP contribution in [-0.2, 0) is 0 Å². The number of amides is 1. The number of carbonyl (C=O) groups is 1. The van der Waals surface area contributed by atoms with Crippen molar-refractivity contribution in [2.45, 2.75) is 6.10 Å². The fourth-order valence-electron chi connectivity index (χ4n) is 2.23. The normalized spacial score (nSPS) is 11.9. The molecular weight excluding hydrogens is 328 g/mol. The van der Waals surface area contributed by atoms with Crippen LogP contribution in [0.5, 0.6) is 0 Å². The first-order valence-electron chi connectivity index (χ1n) is 7.32. The van der Waals surface area contributed by atoms with E-state index in [1.807, 2.05) is 6.07 Å². The lowest BCUT2D eigenvalue weighted by Gasteiger charge is -2.13. The summed E-state index contributed by atoms with van der Waals surface area (Å²) in [5.41, 5.74) is 1.90. The minimum Gasteiger partial charge on any atom is -0.387 e. The molecule has 24 heavy (non-hydrogen) atoms.